The van der Waals surface area contributed by atoms with Crippen molar-refractivity contribution in [3.8, 4) is 11.5 Å². The first kappa shape index (κ1) is 13.6. The second-order valence-corrected chi connectivity index (χ2v) is 5.03. The fourth-order valence-corrected chi connectivity index (χ4v) is 2.39. The Morgan fingerprint density at radius 2 is 1.67 bits per heavy atom. The zero-order chi connectivity index (χ0) is 14.8. The number of fused-ring (bicyclic) bond motifs is 1. The molecule has 0 saturated heterocycles. The van der Waals surface area contributed by atoms with Crippen LogP contribution in [0.5, 0.6) is 11.5 Å². The number of rotatable bonds is 3. The van der Waals surface area contributed by atoms with Crippen molar-refractivity contribution in [2.75, 3.05) is 0 Å². The first-order valence-corrected chi connectivity index (χ1v) is 6.86. The van der Waals surface area contributed by atoms with E-state index >= 15 is 0 Å². The van der Waals surface area contributed by atoms with E-state index < -0.39 is 5.82 Å². The maximum atomic E-state index is 14.1. The Morgan fingerprint density at radius 3 is 2.48 bits per heavy atom. The summed E-state index contributed by atoms with van der Waals surface area (Å²) in [7, 11) is 0. The molecule has 0 aromatic heterocycles. The van der Waals surface area contributed by atoms with Crippen LogP contribution >= 0.6 is 0 Å². The van der Waals surface area contributed by atoms with Crippen LogP contribution in [-0.4, -0.2) is 0 Å². The number of hydrogen-bond acceptors (Lipinski definition) is 2. The number of nitrogens with two attached hydrogens (primary N) is 1. The van der Waals surface area contributed by atoms with Gasteiger partial charge in [0, 0.05) is 17.0 Å². The lowest BCUT2D eigenvalue weighted by atomic mass is 10.1. The molecule has 3 aromatic rings. The summed E-state index contributed by atoms with van der Waals surface area (Å²) in [4.78, 5) is 0. The summed E-state index contributed by atoms with van der Waals surface area (Å²) in [5.41, 5.74) is 6.56. The lowest BCUT2D eigenvalue weighted by molar-refractivity contribution is 0.436. The number of halogens is 1. The Morgan fingerprint density at radius 1 is 0.952 bits per heavy atom. The number of hydrogen-bond donors (Lipinski definition) is 1. The van der Waals surface area contributed by atoms with E-state index in [9.17, 15) is 4.39 Å². The molecule has 3 aromatic carbocycles. The summed E-state index contributed by atoms with van der Waals surface area (Å²) in [6, 6.07) is 18.1. The molecular formula is C18H16FNO. The van der Waals surface area contributed by atoms with Crippen molar-refractivity contribution in [1.82, 2.24) is 0 Å². The van der Waals surface area contributed by atoms with Gasteiger partial charge in [-0.15, -0.1) is 0 Å². The summed E-state index contributed by atoms with van der Waals surface area (Å²) in [5, 5.41) is 1.99. The molecule has 0 amide bonds. The average Bonchev–Trinajstić information content (AvgIpc) is 2.49. The van der Waals surface area contributed by atoms with E-state index in [2.05, 4.69) is 0 Å². The van der Waals surface area contributed by atoms with Crippen LogP contribution in [0.4, 0.5) is 4.39 Å². The number of benzene rings is 3. The number of ether oxygens (including phenoxy) is 1. The van der Waals surface area contributed by atoms with Gasteiger partial charge >= 0.3 is 0 Å². The summed E-state index contributed by atoms with van der Waals surface area (Å²) in [6.45, 7) is 1.81. The Kier molecular flexibility index (Phi) is 3.59. The summed E-state index contributed by atoms with van der Waals surface area (Å²) < 4.78 is 20.0. The smallest absolute Gasteiger partial charge is 0.167 e. The highest BCUT2D eigenvalue weighted by Gasteiger charge is 2.14. The molecule has 3 rings (SSSR count). The van der Waals surface area contributed by atoms with Crippen molar-refractivity contribution >= 4 is 10.8 Å². The minimum absolute atomic E-state index is 0.198. The molecule has 2 nitrogen and oxygen atoms in total. The topological polar surface area (TPSA) is 35.2 Å². The Hall–Kier alpha value is -2.39. The molecule has 0 radical (unpaired) electrons. The molecule has 0 spiro atoms. The van der Waals surface area contributed by atoms with Gasteiger partial charge in [-0.05, 0) is 24.4 Å². The van der Waals surface area contributed by atoms with E-state index in [1.54, 1.807) is 12.1 Å². The van der Waals surface area contributed by atoms with Gasteiger partial charge in [-0.2, -0.15) is 0 Å². The summed E-state index contributed by atoms with van der Waals surface area (Å²) in [6.07, 6.45) is 0. The maximum absolute atomic E-state index is 14.1. The minimum atomic E-state index is -0.405. The van der Waals surface area contributed by atoms with Crippen LogP contribution in [0.25, 0.3) is 10.8 Å². The lowest BCUT2D eigenvalue weighted by Crippen LogP contribution is -2.07. The highest BCUT2D eigenvalue weighted by Crippen LogP contribution is 2.35. The lowest BCUT2D eigenvalue weighted by Gasteiger charge is -2.15. The summed E-state index contributed by atoms with van der Waals surface area (Å²) >= 11 is 0. The molecule has 3 heteroatoms. The van der Waals surface area contributed by atoms with Gasteiger partial charge in [0.25, 0.3) is 0 Å². The zero-order valence-corrected chi connectivity index (χ0v) is 11.7. The predicted octanol–water partition coefficient (Wildman–Crippen LogP) is 4.79. The molecule has 1 unspecified atom stereocenters. The standard InChI is InChI=1S/C18H16FNO/c1-12(20)14-9-5-10-16(19)18(14)21-17-11-4-7-13-6-2-3-8-15(13)17/h2-12H,20H2,1H3. The third-order valence-corrected chi connectivity index (χ3v) is 3.45. The van der Waals surface area contributed by atoms with Crippen LogP contribution in [0.1, 0.15) is 18.5 Å². The Labute approximate surface area is 123 Å². The third-order valence-electron chi connectivity index (χ3n) is 3.45. The fraction of sp³-hybridized carbons (Fsp3) is 0.111. The van der Waals surface area contributed by atoms with E-state index in [0.717, 1.165) is 10.8 Å². The molecular weight excluding hydrogens is 265 g/mol. The highest BCUT2D eigenvalue weighted by molar-refractivity contribution is 5.88. The Balaban J connectivity index is 2.11. The molecule has 2 N–H and O–H groups in total. The van der Waals surface area contributed by atoms with Crippen LogP contribution in [-0.2, 0) is 0 Å². The zero-order valence-electron chi connectivity index (χ0n) is 11.7. The van der Waals surface area contributed by atoms with Crippen LogP contribution in [0, 0.1) is 5.82 Å². The molecule has 1 atom stereocenters. The molecule has 0 bridgehead atoms. The third kappa shape index (κ3) is 2.60. The molecule has 0 saturated carbocycles. The van der Waals surface area contributed by atoms with Crippen LogP contribution in [0.3, 0.4) is 0 Å². The van der Waals surface area contributed by atoms with Gasteiger partial charge in [-0.25, -0.2) is 4.39 Å². The number of para-hydroxylation sites is 1. The van der Waals surface area contributed by atoms with Crippen molar-refractivity contribution < 1.29 is 9.13 Å². The van der Waals surface area contributed by atoms with Gasteiger partial charge < -0.3 is 10.5 Å². The predicted molar refractivity (Wildman–Crippen MR) is 83.0 cm³/mol. The van der Waals surface area contributed by atoms with Gasteiger partial charge in [0.05, 0.1) is 0 Å². The van der Waals surface area contributed by atoms with E-state index in [4.69, 9.17) is 10.5 Å². The van der Waals surface area contributed by atoms with Gasteiger partial charge in [0.1, 0.15) is 5.75 Å². The van der Waals surface area contributed by atoms with E-state index in [-0.39, 0.29) is 11.8 Å². The van der Waals surface area contributed by atoms with Crippen LogP contribution < -0.4 is 10.5 Å². The van der Waals surface area contributed by atoms with E-state index in [1.165, 1.54) is 6.07 Å². The first-order chi connectivity index (χ1) is 10.2. The van der Waals surface area contributed by atoms with Crippen molar-refractivity contribution in [3.63, 3.8) is 0 Å². The monoisotopic (exact) mass is 281 g/mol. The van der Waals surface area contributed by atoms with Gasteiger partial charge in [-0.3, -0.25) is 0 Å². The fourth-order valence-electron chi connectivity index (χ4n) is 2.39. The van der Waals surface area contributed by atoms with E-state index in [1.807, 2.05) is 49.4 Å². The largest absolute Gasteiger partial charge is 0.453 e. The quantitative estimate of drug-likeness (QED) is 0.749. The highest BCUT2D eigenvalue weighted by atomic mass is 19.1. The molecule has 106 valence electrons. The Bertz CT molecular complexity index is 778. The van der Waals surface area contributed by atoms with Gasteiger partial charge in [-0.1, -0.05) is 48.5 Å². The molecule has 0 heterocycles. The second-order valence-electron chi connectivity index (χ2n) is 5.03. The normalized spacial score (nSPS) is 12.3. The molecule has 0 fully saturated rings. The molecule has 0 aliphatic carbocycles. The average molecular weight is 281 g/mol. The molecule has 0 aliphatic heterocycles. The second kappa shape index (κ2) is 5.54. The molecule has 0 aliphatic rings. The van der Waals surface area contributed by atoms with Crippen molar-refractivity contribution in [2.24, 2.45) is 5.73 Å². The van der Waals surface area contributed by atoms with Gasteiger partial charge in [0.15, 0.2) is 11.6 Å². The maximum Gasteiger partial charge on any atom is 0.167 e. The van der Waals surface area contributed by atoms with E-state index in [0.29, 0.717) is 11.3 Å². The summed E-state index contributed by atoms with van der Waals surface area (Å²) in [5.74, 6) is 0.418. The van der Waals surface area contributed by atoms with Crippen molar-refractivity contribution in [3.05, 3.63) is 72.0 Å². The SMILES string of the molecule is CC(N)c1cccc(F)c1Oc1cccc2ccccc12. The first-order valence-electron chi connectivity index (χ1n) is 6.86. The van der Waals surface area contributed by atoms with Crippen LogP contribution in [0.2, 0.25) is 0 Å². The minimum Gasteiger partial charge on any atom is -0.453 e. The molecule has 21 heavy (non-hydrogen) atoms. The van der Waals surface area contributed by atoms with Crippen LogP contribution in [0.15, 0.2) is 60.7 Å². The van der Waals surface area contributed by atoms with Crippen molar-refractivity contribution in [1.29, 1.82) is 0 Å². The van der Waals surface area contributed by atoms with Crippen molar-refractivity contribution in [2.45, 2.75) is 13.0 Å². The van der Waals surface area contributed by atoms with Gasteiger partial charge in [0.2, 0.25) is 0 Å².